The predicted molar refractivity (Wildman–Crippen MR) is 161 cm³/mol. The van der Waals surface area contributed by atoms with Gasteiger partial charge in [0.1, 0.15) is 11.5 Å². The molecule has 0 saturated carbocycles. The fourth-order valence-corrected chi connectivity index (χ4v) is 5.10. The molecular formula is C33H44N2O7. The van der Waals surface area contributed by atoms with E-state index in [9.17, 15) is 14.7 Å². The molecule has 42 heavy (non-hydrogen) atoms. The Morgan fingerprint density at radius 3 is 2.36 bits per heavy atom. The van der Waals surface area contributed by atoms with E-state index in [-0.39, 0.29) is 11.3 Å². The van der Waals surface area contributed by atoms with E-state index in [2.05, 4.69) is 18.7 Å². The second-order valence-corrected chi connectivity index (χ2v) is 11.0. The second-order valence-electron chi connectivity index (χ2n) is 11.0. The van der Waals surface area contributed by atoms with Crippen molar-refractivity contribution in [3.8, 4) is 17.2 Å². The van der Waals surface area contributed by atoms with Crippen LogP contribution in [-0.2, 0) is 14.3 Å². The van der Waals surface area contributed by atoms with E-state index in [0.29, 0.717) is 80.4 Å². The predicted octanol–water partition coefficient (Wildman–Crippen LogP) is 5.05. The van der Waals surface area contributed by atoms with Crippen LogP contribution < -0.4 is 14.2 Å². The molecule has 2 aromatic rings. The number of ketones is 1. The molecule has 0 aromatic heterocycles. The van der Waals surface area contributed by atoms with Crippen LogP contribution >= 0.6 is 0 Å². The molecule has 2 fully saturated rings. The van der Waals surface area contributed by atoms with Crippen molar-refractivity contribution < 1.29 is 33.6 Å². The number of hydrogen-bond acceptors (Lipinski definition) is 8. The van der Waals surface area contributed by atoms with E-state index in [1.807, 2.05) is 32.0 Å². The van der Waals surface area contributed by atoms with Gasteiger partial charge in [-0.05, 0) is 67.6 Å². The standard InChI is InChI=1S/C33H44N2O7/c1-5-18-41-26-10-7-24(8-11-26)31(36)29-30(35(33(38)32(29)37)15-14-34-16-20-39-21-17-34)25-9-12-27(28(22-25)40-6-2)42-19-13-23(3)4/h7-12,22-23,30,36H,5-6,13-21H2,1-4H3. The third kappa shape index (κ3) is 7.63. The van der Waals surface area contributed by atoms with E-state index >= 15 is 0 Å². The van der Waals surface area contributed by atoms with Gasteiger partial charge in [-0.3, -0.25) is 14.5 Å². The second kappa shape index (κ2) is 15.1. The normalized spacial score (nSPS) is 19.0. The SMILES string of the molecule is CCCOc1ccc(C(O)=C2C(=O)C(=O)N(CCN3CCOCC3)C2c2ccc(OCCC(C)C)c(OCC)c2)cc1. The number of aliphatic hydroxyl groups is 1. The van der Waals surface area contributed by atoms with Crippen LogP contribution in [-0.4, -0.2) is 85.8 Å². The largest absolute Gasteiger partial charge is 0.507 e. The molecule has 2 aliphatic rings. The van der Waals surface area contributed by atoms with Gasteiger partial charge < -0.3 is 29.0 Å². The number of carbonyl (C=O) groups is 2. The number of nitrogens with zero attached hydrogens (tertiary/aromatic N) is 2. The van der Waals surface area contributed by atoms with Crippen LogP contribution in [0.5, 0.6) is 17.2 Å². The number of hydrogen-bond donors (Lipinski definition) is 1. The highest BCUT2D eigenvalue weighted by Gasteiger charge is 2.46. The number of Topliss-reactive ketones (excluding diaryl/α,β-unsaturated/α-hetero) is 1. The zero-order valence-corrected chi connectivity index (χ0v) is 25.3. The lowest BCUT2D eigenvalue weighted by Crippen LogP contribution is -2.42. The van der Waals surface area contributed by atoms with Gasteiger partial charge in [-0.15, -0.1) is 0 Å². The van der Waals surface area contributed by atoms with Crippen molar-refractivity contribution >= 4 is 17.4 Å². The van der Waals surface area contributed by atoms with E-state index in [1.165, 1.54) is 0 Å². The van der Waals surface area contributed by atoms with Crippen LogP contribution in [0.25, 0.3) is 5.76 Å². The highest BCUT2D eigenvalue weighted by atomic mass is 16.5. The lowest BCUT2D eigenvalue weighted by atomic mass is 9.95. The van der Waals surface area contributed by atoms with E-state index < -0.39 is 17.7 Å². The molecule has 2 aromatic carbocycles. The number of carbonyl (C=O) groups excluding carboxylic acids is 2. The molecule has 1 unspecified atom stereocenters. The first kappa shape index (κ1) is 31.4. The molecule has 228 valence electrons. The fourth-order valence-electron chi connectivity index (χ4n) is 5.10. The number of likely N-dealkylation sites (tertiary alicyclic amines) is 1. The van der Waals surface area contributed by atoms with Crippen molar-refractivity contribution in [1.29, 1.82) is 0 Å². The molecule has 0 spiro atoms. The zero-order chi connectivity index (χ0) is 30.1. The maximum Gasteiger partial charge on any atom is 0.295 e. The van der Waals surface area contributed by atoms with Crippen molar-refractivity contribution in [2.45, 2.75) is 46.6 Å². The Hall–Kier alpha value is -3.56. The molecular weight excluding hydrogens is 536 g/mol. The summed E-state index contributed by atoms with van der Waals surface area (Å²) in [5.74, 6) is 0.756. The van der Waals surface area contributed by atoms with Crippen LogP contribution in [0.1, 0.15) is 57.7 Å². The minimum Gasteiger partial charge on any atom is -0.507 e. The summed E-state index contributed by atoms with van der Waals surface area (Å²) in [7, 11) is 0. The number of aliphatic hydroxyl groups excluding tert-OH is 1. The first-order valence-corrected chi connectivity index (χ1v) is 15.0. The Balaban J connectivity index is 1.72. The molecule has 9 nitrogen and oxygen atoms in total. The molecule has 2 saturated heterocycles. The minimum atomic E-state index is -0.786. The Morgan fingerprint density at radius 1 is 0.952 bits per heavy atom. The Bertz CT molecular complexity index is 1240. The van der Waals surface area contributed by atoms with E-state index in [0.717, 1.165) is 25.9 Å². The smallest absolute Gasteiger partial charge is 0.295 e. The molecule has 0 bridgehead atoms. The van der Waals surface area contributed by atoms with Crippen molar-refractivity contribution in [3.05, 3.63) is 59.2 Å². The highest BCUT2D eigenvalue weighted by Crippen LogP contribution is 2.42. The molecule has 9 heteroatoms. The number of morpholine rings is 1. The molecule has 2 heterocycles. The van der Waals surface area contributed by atoms with Gasteiger partial charge in [-0.2, -0.15) is 0 Å². The molecule has 4 rings (SSSR count). The summed E-state index contributed by atoms with van der Waals surface area (Å²) < 4.78 is 23.1. The van der Waals surface area contributed by atoms with Gasteiger partial charge in [-0.1, -0.05) is 26.8 Å². The number of benzene rings is 2. The van der Waals surface area contributed by atoms with Crippen LogP contribution in [0, 0.1) is 5.92 Å². The summed E-state index contributed by atoms with van der Waals surface area (Å²) in [5, 5.41) is 11.5. The lowest BCUT2D eigenvalue weighted by molar-refractivity contribution is -0.140. The molecule has 2 aliphatic heterocycles. The molecule has 1 atom stereocenters. The van der Waals surface area contributed by atoms with Gasteiger partial charge in [0.2, 0.25) is 0 Å². The monoisotopic (exact) mass is 580 g/mol. The van der Waals surface area contributed by atoms with Crippen molar-refractivity contribution in [3.63, 3.8) is 0 Å². The van der Waals surface area contributed by atoms with E-state index in [4.69, 9.17) is 18.9 Å². The van der Waals surface area contributed by atoms with Crippen LogP contribution in [0.3, 0.4) is 0 Å². The van der Waals surface area contributed by atoms with Crippen molar-refractivity contribution in [2.24, 2.45) is 5.92 Å². The van der Waals surface area contributed by atoms with Crippen molar-refractivity contribution in [2.75, 3.05) is 59.2 Å². The topological polar surface area (TPSA) is 97.8 Å². The first-order valence-electron chi connectivity index (χ1n) is 15.0. The molecule has 0 aliphatic carbocycles. The fraction of sp³-hybridized carbons (Fsp3) is 0.515. The van der Waals surface area contributed by atoms with Crippen LogP contribution in [0.2, 0.25) is 0 Å². The molecule has 1 amide bonds. The van der Waals surface area contributed by atoms with Gasteiger partial charge in [0.15, 0.2) is 11.5 Å². The lowest BCUT2D eigenvalue weighted by Gasteiger charge is -2.31. The summed E-state index contributed by atoms with van der Waals surface area (Å²) in [6.45, 7) is 13.5. The van der Waals surface area contributed by atoms with Gasteiger partial charge in [0.05, 0.1) is 44.6 Å². The van der Waals surface area contributed by atoms with Crippen LogP contribution in [0.4, 0.5) is 0 Å². The quantitative estimate of drug-likeness (QED) is 0.188. The zero-order valence-electron chi connectivity index (χ0n) is 25.3. The van der Waals surface area contributed by atoms with Gasteiger partial charge >= 0.3 is 0 Å². The number of ether oxygens (including phenoxy) is 4. The van der Waals surface area contributed by atoms with Crippen molar-refractivity contribution in [1.82, 2.24) is 9.80 Å². The first-order chi connectivity index (χ1) is 20.3. The van der Waals surface area contributed by atoms with E-state index in [1.54, 1.807) is 29.2 Å². The Morgan fingerprint density at radius 2 is 1.69 bits per heavy atom. The summed E-state index contributed by atoms with van der Waals surface area (Å²) in [4.78, 5) is 30.8. The third-order valence-corrected chi connectivity index (χ3v) is 7.44. The third-order valence-electron chi connectivity index (χ3n) is 7.44. The maximum atomic E-state index is 13.5. The minimum absolute atomic E-state index is 0.0557. The molecule has 0 radical (unpaired) electrons. The summed E-state index contributed by atoms with van der Waals surface area (Å²) >= 11 is 0. The number of amides is 1. The van der Waals surface area contributed by atoms with Gasteiger partial charge in [0.25, 0.3) is 11.7 Å². The van der Waals surface area contributed by atoms with Crippen LogP contribution in [0.15, 0.2) is 48.0 Å². The average Bonchev–Trinajstić information content (AvgIpc) is 3.25. The average molecular weight is 581 g/mol. The summed E-state index contributed by atoms with van der Waals surface area (Å²) in [5.41, 5.74) is 1.16. The Labute approximate surface area is 249 Å². The summed E-state index contributed by atoms with van der Waals surface area (Å²) in [6.07, 6.45) is 1.78. The highest BCUT2D eigenvalue weighted by molar-refractivity contribution is 6.46. The van der Waals surface area contributed by atoms with Gasteiger partial charge in [0, 0.05) is 31.7 Å². The number of rotatable bonds is 14. The summed E-state index contributed by atoms with van der Waals surface area (Å²) in [6, 6.07) is 11.6. The maximum absolute atomic E-state index is 13.5. The molecule has 1 N–H and O–H groups in total. The Kier molecular flexibility index (Phi) is 11.3. The van der Waals surface area contributed by atoms with Gasteiger partial charge in [-0.25, -0.2) is 0 Å².